The van der Waals surface area contributed by atoms with Crippen LogP contribution in [0.5, 0.6) is 0 Å². The average Bonchev–Trinajstić information content (AvgIpc) is 3.61. The summed E-state index contributed by atoms with van der Waals surface area (Å²) in [5, 5.41) is 15.6. The van der Waals surface area contributed by atoms with Crippen LogP contribution in [-0.4, -0.2) is 84.8 Å². The van der Waals surface area contributed by atoms with Crippen molar-refractivity contribution in [2.75, 3.05) is 25.0 Å². The molecule has 2 amide bonds. The first-order valence-electron chi connectivity index (χ1n) is 14.8. The Balaban J connectivity index is 1.28. The smallest absolute Gasteiger partial charge is 0.410 e. The molecule has 2 fully saturated rings. The Hall–Kier alpha value is -4.66. The third-order valence-electron chi connectivity index (χ3n) is 8.70. The van der Waals surface area contributed by atoms with Gasteiger partial charge in [-0.15, -0.1) is 5.10 Å². The molecule has 1 saturated carbocycles. The van der Waals surface area contributed by atoms with Gasteiger partial charge in [-0.25, -0.2) is 18.8 Å². The molecule has 2 atom stereocenters. The lowest BCUT2D eigenvalue weighted by molar-refractivity contribution is -0.121. The minimum absolute atomic E-state index is 0.0255. The van der Waals surface area contributed by atoms with Crippen LogP contribution in [0.4, 0.5) is 15.1 Å². The van der Waals surface area contributed by atoms with Gasteiger partial charge < -0.3 is 20.3 Å². The van der Waals surface area contributed by atoms with Crippen molar-refractivity contribution < 1.29 is 18.7 Å². The van der Waals surface area contributed by atoms with Crippen molar-refractivity contribution in [1.29, 1.82) is 0 Å². The number of fused-ring (bicyclic) bond motifs is 3. The molecule has 1 unspecified atom stereocenters. The summed E-state index contributed by atoms with van der Waals surface area (Å²) in [6.07, 6.45) is 4.12. The van der Waals surface area contributed by atoms with E-state index in [1.807, 2.05) is 48.5 Å². The standard InChI is InChI=1S/C30H31BFN9O3S/c1-29(31,32)30(10-11-30)21-9-5-8-20-23(21)36-27(41-25(20)37-24(38-41)19-14-34-40(45)15-19)35-22-16-39(13-12-33-26(22)42)28(43)44-17-18-6-3-2-4-7-18/h2-9,14-15,22,45H,10-13,16-17,31H2,1H3,(H,33,42)(H,35,36)/t22-,29?/m1/s1. The van der Waals surface area contributed by atoms with Gasteiger partial charge in [0.05, 0.1) is 29.4 Å². The molecule has 12 nitrogen and oxygen atoms in total. The van der Waals surface area contributed by atoms with Crippen LogP contribution >= 0.6 is 12.8 Å². The minimum atomic E-state index is -1.48. The van der Waals surface area contributed by atoms with Gasteiger partial charge in [0.25, 0.3) is 0 Å². The maximum atomic E-state index is 15.6. The number of thiol groups is 1. The number of carbonyl (C=O) groups excluding carboxylic acids is 2. The molecule has 5 aromatic rings. The number of aromatic nitrogens is 6. The lowest BCUT2D eigenvalue weighted by Crippen LogP contribution is -2.44. The zero-order valence-corrected chi connectivity index (χ0v) is 25.7. The summed E-state index contributed by atoms with van der Waals surface area (Å²) < 4.78 is 24.1. The maximum absolute atomic E-state index is 15.6. The molecule has 15 heteroatoms. The SMILES string of the molecule is BC(C)(F)C1(c2cccc3c2nc(N[C@@H]2CN(C(=O)OCc4ccccc4)CCNC2=O)n2nc(-c4cnn(S)c4)nc32)CC1. The Morgan fingerprint density at radius 2 is 2.02 bits per heavy atom. The Labute approximate surface area is 264 Å². The molecule has 2 aliphatic rings. The van der Waals surface area contributed by atoms with Gasteiger partial charge in [-0.1, -0.05) is 42.5 Å². The number of carbonyl (C=O) groups is 2. The molecule has 3 aromatic heterocycles. The highest BCUT2D eigenvalue weighted by Gasteiger charge is 2.57. The predicted octanol–water partition coefficient (Wildman–Crippen LogP) is 2.73. The number of amides is 2. The Kier molecular flexibility index (Phi) is 7.14. The van der Waals surface area contributed by atoms with E-state index in [1.165, 1.54) is 13.5 Å². The fourth-order valence-electron chi connectivity index (χ4n) is 6.05. The zero-order valence-electron chi connectivity index (χ0n) is 24.8. The molecule has 0 spiro atoms. The second-order valence-electron chi connectivity index (χ2n) is 12.0. The number of para-hydroxylation sites is 1. The molecule has 0 bridgehead atoms. The lowest BCUT2D eigenvalue weighted by atomic mass is 9.68. The van der Waals surface area contributed by atoms with Crippen LogP contribution in [0, 0.1) is 0 Å². The molecule has 1 aliphatic heterocycles. The van der Waals surface area contributed by atoms with Crippen LogP contribution in [0.15, 0.2) is 60.9 Å². The molecule has 4 heterocycles. The Morgan fingerprint density at radius 3 is 2.73 bits per heavy atom. The first-order valence-corrected chi connectivity index (χ1v) is 15.2. The highest BCUT2D eigenvalue weighted by Crippen LogP contribution is 2.57. The molecule has 230 valence electrons. The summed E-state index contributed by atoms with van der Waals surface area (Å²) in [7, 11) is 1.60. The van der Waals surface area contributed by atoms with E-state index in [2.05, 4.69) is 28.5 Å². The van der Waals surface area contributed by atoms with Crippen molar-refractivity contribution in [3.8, 4) is 11.4 Å². The normalized spacial score (nSPS) is 19.1. The Bertz CT molecular complexity index is 1920. The average molecular weight is 628 g/mol. The van der Waals surface area contributed by atoms with Gasteiger partial charge in [0, 0.05) is 30.1 Å². The highest BCUT2D eigenvalue weighted by molar-refractivity contribution is 7.78. The van der Waals surface area contributed by atoms with Crippen LogP contribution < -0.4 is 10.6 Å². The largest absolute Gasteiger partial charge is 0.445 e. The number of benzene rings is 2. The quantitative estimate of drug-likeness (QED) is 0.186. The van der Waals surface area contributed by atoms with Crippen molar-refractivity contribution in [2.24, 2.45) is 0 Å². The monoisotopic (exact) mass is 627 g/mol. The molecule has 45 heavy (non-hydrogen) atoms. The van der Waals surface area contributed by atoms with Gasteiger partial charge in [-0.05, 0) is 49.8 Å². The number of nitrogens with one attached hydrogen (secondary N) is 2. The van der Waals surface area contributed by atoms with Crippen LogP contribution in [0.25, 0.3) is 27.9 Å². The lowest BCUT2D eigenvalue weighted by Gasteiger charge is -2.28. The maximum Gasteiger partial charge on any atom is 0.410 e. The molecule has 0 radical (unpaired) electrons. The summed E-state index contributed by atoms with van der Waals surface area (Å²) in [5.74, 6) is 0.299. The molecule has 1 saturated heterocycles. The zero-order chi connectivity index (χ0) is 31.3. The second-order valence-corrected chi connectivity index (χ2v) is 12.4. The van der Waals surface area contributed by atoms with E-state index in [9.17, 15) is 9.59 Å². The van der Waals surface area contributed by atoms with E-state index in [0.29, 0.717) is 40.8 Å². The first kappa shape index (κ1) is 29.1. The fraction of sp³-hybridized carbons (Fsp3) is 0.333. The van der Waals surface area contributed by atoms with E-state index < -0.39 is 23.1 Å². The predicted molar refractivity (Wildman–Crippen MR) is 171 cm³/mol. The van der Waals surface area contributed by atoms with Gasteiger partial charge in [0.2, 0.25) is 11.9 Å². The number of alkyl halides is 1. The van der Waals surface area contributed by atoms with Crippen LogP contribution in [0.1, 0.15) is 30.9 Å². The molecular weight excluding hydrogens is 596 g/mol. The second kappa shape index (κ2) is 11.1. The Morgan fingerprint density at radius 1 is 1.22 bits per heavy atom. The molecule has 2 aromatic carbocycles. The molecular formula is C30H31BFN9O3S. The number of hydrogen-bond donors (Lipinski definition) is 3. The molecule has 2 N–H and O–H groups in total. The van der Waals surface area contributed by atoms with Gasteiger partial charge in [0.15, 0.2) is 19.3 Å². The van der Waals surface area contributed by atoms with Crippen molar-refractivity contribution >= 4 is 55.2 Å². The van der Waals surface area contributed by atoms with E-state index >= 15 is 4.39 Å². The van der Waals surface area contributed by atoms with E-state index in [-0.39, 0.29) is 38.1 Å². The van der Waals surface area contributed by atoms with E-state index in [4.69, 9.17) is 19.8 Å². The number of anilines is 1. The number of halogens is 1. The summed E-state index contributed by atoms with van der Waals surface area (Å²) in [5.41, 5.74) is 1.15. The third kappa shape index (κ3) is 5.34. The van der Waals surface area contributed by atoms with E-state index in [1.54, 1.807) is 27.2 Å². The van der Waals surface area contributed by atoms with Gasteiger partial charge in [0.1, 0.15) is 12.6 Å². The molecule has 7 rings (SSSR count). The number of nitrogens with zero attached hydrogens (tertiary/aromatic N) is 7. The molecule has 1 aliphatic carbocycles. The highest BCUT2D eigenvalue weighted by atomic mass is 32.1. The van der Waals surface area contributed by atoms with Gasteiger partial charge >= 0.3 is 6.09 Å². The van der Waals surface area contributed by atoms with Gasteiger partial charge in [-0.3, -0.25) is 9.18 Å². The minimum Gasteiger partial charge on any atom is -0.445 e. The topological polar surface area (TPSA) is 132 Å². The summed E-state index contributed by atoms with van der Waals surface area (Å²) in [4.78, 5) is 37.6. The van der Waals surface area contributed by atoms with Crippen molar-refractivity contribution in [1.82, 2.24) is 39.0 Å². The van der Waals surface area contributed by atoms with Gasteiger partial charge in [-0.2, -0.15) is 9.61 Å². The first-order chi connectivity index (χ1) is 21.6. The van der Waals surface area contributed by atoms with E-state index in [0.717, 1.165) is 11.1 Å². The van der Waals surface area contributed by atoms with Crippen LogP contribution in [0.3, 0.4) is 0 Å². The van der Waals surface area contributed by atoms with Crippen LogP contribution in [-0.2, 0) is 21.6 Å². The summed E-state index contributed by atoms with van der Waals surface area (Å²) >= 11 is 4.24. The number of hydrogen-bond acceptors (Lipinski definition) is 9. The fourth-order valence-corrected chi connectivity index (χ4v) is 6.22. The number of rotatable bonds is 7. The van der Waals surface area contributed by atoms with Crippen LogP contribution in [0.2, 0.25) is 0 Å². The number of ether oxygens (including phenoxy) is 1. The third-order valence-corrected chi connectivity index (χ3v) is 8.92. The van der Waals surface area contributed by atoms with Crippen molar-refractivity contribution in [3.63, 3.8) is 0 Å². The summed E-state index contributed by atoms with van der Waals surface area (Å²) in [6.45, 7) is 2.28. The van der Waals surface area contributed by atoms with Crippen molar-refractivity contribution in [3.05, 3.63) is 72.1 Å². The summed E-state index contributed by atoms with van der Waals surface area (Å²) in [6, 6.07) is 14.2. The van der Waals surface area contributed by atoms with Crippen molar-refractivity contribution in [2.45, 2.75) is 43.4 Å².